The van der Waals surface area contributed by atoms with Crippen molar-refractivity contribution in [1.29, 1.82) is 0 Å². The molecule has 1 aromatic carbocycles. The molecule has 0 aliphatic rings. The maximum atomic E-state index is 12.6. The van der Waals surface area contributed by atoms with Crippen LogP contribution in [-0.2, 0) is 11.9 Å². The second-order valence-electron chi connectivity index (χ2n) is 4.07. The van der Waals surface area contributed by atoms with Crippen LogP contribution in [0.15, 0.2) is 35.4 Å². The number of hydrogen-bond acceptors (Lipinski definition) is 3. The SMILES string of the molecule is Cc1ccccc1CSc1cc(C(F)(F)F)nc(Cl)n1. The van der Waals surface area contributed by atoms with Gasteiger partial charge in [-0.3, -0.25) is 0 Å². The minimum Gasteiger partial charge on any atom is -0.213 e. The molecule has 1 aromatic heterocycles. The van der Waals surface area contributed by atoms with Crippen LogP contribution >= 0.6 is 23.4 Å². The Bertz CT molecular complexity index is 617. The number of nitrogens with zero attached hydrogens (tertiary/aromatic N) is 2. The van der Waals surface area contributed by atoms with Crippen molar-refractivity contribution in [1.82, 2.24) is 9.97 Å². The molecule has 0 amide bonds. The summed E-state index contributed by atoms with van der Waals surface area (Å²) in [5, 5.41) is -0.187. The zero-order chi connectivity index (χ0) is 14.8. The summed E-state index contributed by atoms with van der Waals surface area (Å²) in [4.78, 5) is 7.00. The molecule has 0 N–H and O–H groups in total. The van der Waals surface area contributed by atoms with Gasteiger partial charge in [-0.05, 0) is 29.7 Å². The van der Waals surface area contributed by atoms with Gasteiger partial charge in [0.25, 0.3) is 0 Å². The predicted octanol–water partition coefficient (Wildman–Crippen LogP) is 4.75. The summed E-state index contributed by atoms with van der Waals surface area (Å²) in [7, 11) is 0. The molecule has 0 fully saturated rings. The molecule has 0 unspecified atom stereocenters. The van der Waals surface area contributed by atoms with E-state index in [2.05, 4.69) is 9.97 Å². The number of thioether (sulfide) groups is 1. The Morgan fingerprint density at radius 3 is 2.55 bits per heavy atom. The molecule has 2 aromatic rings. The zero-order valence-electron chi connectivity index (χ0n) is 10.4. The first kappa shape index (κ1) is 15.1. The largest absolute Gasteiger partial charge is 0.433 e. The highest BCUT2D eigenvalue weighted by molar-refractivity contribution is 7.98. The number of halogens is 4. The molecule has 20 heavy (non-hydrogen) atoms. The van der Waals surface area contributed by atoms with E-state index < -0.39 is 17.2 Å². The van der Waals surface area contributed by atoms with E-state index >= 15 is 0 Å². The summed E-state index contributed by atoms with van der Waals surface area (Å²) in [5.74, 6) is 0.525. The van der Waals surface area contributed by atoms with Crippen molar-refractivity contribution in [3.05, 3.63) is 52.4 Å². The third kappa shape index (κ3) is 3.86. The standard InChI is InChI=1S/C13H10ClF3N2S/c1-8-4-2-3-5-9(8)7-20-11-6-10(13(15,16)17)18-12(14)19-11/h2-6H,7H2,1H3. The average molecular weight is 319 g/mol. The number of benzene rings is 1. The third-order valence-corrected chi connectivity index (χ3v) is 3.73. The summed E-state index contributed by atoms with van der Waals surface area (Å²) >= 11 is 6.73. The molecular weight excluding hydrogens is 309 g/mol. The topological polar surface area (TPSA) is 25.8 Å². The van der Waals surface area contributed by atoms with Crippen molar-refractivity contribution in [2.75, 3.05) is 0 Å². The summed E-state index contributed by atoms with van der Waals surface area (Å²) in [6, 6.07) is 8.58. The van der Waals surface area contributed by atoms with Crippen molar-refractivity contribution in [3.63, 3.8) is 0 Å². The Kier molecular flexibility index (Phi) is 4.55. The molecule has 0 saturated carbocycles. The van der Waals surface area contributed by atoms with Gasteiger partial charge in [-0.15, -0.1) is 11.8 Å². The Labute approximate surface area is 123 Å². The van der Waals surface area contributed by atoms with Crippen LogP contribution < -0.4 is 0 Å². The molecule has 2 nitrogen and oxygen atoms in total. The van der Waals surface area contributed by atoms with Gasteiger partial charge >= 0.3 is 6.18 Å². The number of rotatable bonds is 3. The van der Waals surface area contributed by atoms with Crippen LogP contribution in [0.5, 0.6) is 0 Å². The monoisotopic (exact) mass is 318 g/mol. The smallest absolute Gasteiger partial charge is 0.213 e. The molecule has 0 spiro atoms. The van der Waals surface area contributed by atoms with Gasteiger partial charge < -0.3 is 0 Å². The van der Waals surface area contributed by atoms with Gasteiger partial charge in [0, 0.05) is 11.8 Å². The fraction of sp³-hybridized carbons (Fsp3) is 0.231. The van der Waals surface area contributed by atoms with Gasteiger partial charge in [0.1, 0.15) is 5.03 Å². The Balaban J connectivity index is 2.18. The normalized spacial score (nSPS) is 11.7. The molecule has 0 saturated heterocycles. The fourth-order valence-corrected chi connectivity index (χ4v) is 2.75. The molecule has 106 valence electrons. The Hall–Kier alpha value is -1.27. The lowest BCUT2D eigenvalue weighted by molar-refractivity contribution is -0.141. The van der Waals surface area contributed by atoms with Gasteiger partial charge in [-0.25, -0.2) is 9.97 Å². The van der Waals surface area contributed by atoms with Crippen LogP contribution in [0.3, 0.4) is 0 Å². The van der Waals surface area contributed by atoms with Gasteiger partial charge in [0.15, 0.2) is 5.69 Å². The van der Waals surface area contributed by atoms with Crippen LogP contribution in [0.2, 0.25) is 5.28 Å². The Morgan fingerprint density at radius 2 is 1.90 bits per heavy atom. The van der Waals surface area contributed by atoms with Crippen molar-refractivity contribution < 1.29 is 13.2 Å². The van der Waals surface area contributed by atoms with Crippen LogP contribution in [0.25, 0.3) is 0 Å². The lowest BCUT2D eigenvalue weighted by Crippen LogP contribution is -2.09. The highest BCUT2D eigenvalue weighted by atomic mass is 35.5. The minimum atomic E-state index is -4.52. The Morgan fingerprint density at radius 1 is 1.20 bits per heavy atom. The molecule has 0 bridgehead atoms. The van der Waals surface area contributed by atoms with Crippen LogP contribution in [0.1, 0.15) is 16.8 Å². The van der Waals surface area contributed by atoms with E-state index in [1.807, 2.05) is 31.2 Å². The highest BCUT2D eigenvalue weighted by Gasteiger charge is 2.33. The van der Waals surface area contributed by atoms with E-state index in [0.29, 0.717) is 5.75 Å². The summed E-state index contributed by atoms with van der Waals surface area (Å²) in [6.45, 7) is 1.95. The van der Waals surface area contributed by atoms with Gasteiger partial charge in [-0.1, -0.05) is 24.3 Å². The number of alkyl halides is 3. The van der Waals surface area contributed by atoms with Crippen LogP contribution in [0.4, 0.5) is 13.2 Å². The molecule has 0 atom stereocenters. The third-order valence-electron chi connectivity index (χ3n) is 2.60. The van der Waals surface area contributed by atoms with E-state index in [9.17, 15) is 13.2 Å². The lowest BCUT2D eigenvalue weighted by Gasteiger charge is -2.08. The molecule has 1 heterocycles. The summed E-state index contributed by atoms with van der Waals surface area (Å²) in [6.07, 6.45) is -4.52. The van der Waals surface area contributed by atoms with Gasteiger partial charge in [0.2, 0.25) is 5.28 Å². The second-order valence-corrected chi connectivity index (χ2v) is 5.41. The summed E-state index contributed by atoms with van der Waals surface area (Å²) < 4.78 is 37.9. The maximum Gasteiger partial charge on any atom is 0.433 e. The maximum absolute atomic E-state index is 12.6. The van der Waals surface area contributed by atoms with Crippen molar-refractivity contribution in [2.24, 2.45) is 0 Å². The average Bonchev–Trinajstić information content (AvgIpc) is 2.36. The predicted molar refractivity (Wildman–Crippen MR) is 72.8 cm³/mol. The second kappa shape index (κ2) is 6.01. The first-order valence-electron chi connectivity index (χ1n) is 5.65. The quantitative estimate of drug-likeness (QED) is 0.464. The van der Waals surface area contributed by atoms with E-state index in [4.69, 9.17) is 11.6 Å². The van der Waals surface area contributed by atoms with Crippen molar-refractivity contribution in [3.8, 4) is 0 Å². The first-order valence-corrected chi connectivity index (χ1v) is 7.01. The highest BCUT2D eigenvalue weighted by Crippen LogP contribution is 2.31. The van der Waals surface area contributed by atoms with Crippen molar-refractivity contribution >= 4 is 23.4 Å². The zero-order valence-corrected chi connectivity index (χ0v) is 12.0. The van der Waals surface area contributed by atoms with E-state index in [0.717, 1.165) is 17.2 Å². The summed E-state index contributed by atoms with van der Waals surface area (Å²) in [5.41, 5.74) is 1.10. The molecule has 0 aliphatic heterocycles. The molecular formula is C13H10ClF3N2S. The first-order chi connectivity index (χ1) is 9.36. The fourth-order valence-electron chi connectivity index (χ4n) is 1.54. The number of aromatic nitrogens is 2. The lowest BCUT2D eigenvalue weighted by atomic mass is 10.1. The van der Waals surface area contributed by atoms with Gasteiger partial charge in [0.05, 0.1) is 0 Å². The minimum absolute atomic E-state index is 0.209. The van der Waals surface area contributed by atoms with Crippen LogP contribution in [-0.4, -0.2) is 9.97 Å². The molecule has 7 heteroatoms. The molecule has 0 radical (unpaired) electrons. The van der Waals surface area contributed by atoms with E-state index in [1.54, 1.807) is 0 Å². The molecule has 2 rings (SSSR count). The van der Waals surface area contributed by atoms with Crippen LogP contribution in [0, 0.1) is 6.92 Å². The van der Waals surface area contributed by atoms with E-state index in [-0.39, 0.29) is 5.03 Å². The number of aryl methyl sites for hydroxylation is 1. The number of hydrogen-bond donors (Lipinski definition) is 0. The van der Waals surface area contributed by atoms with Crippen molar-refractivity contribution in [2.45, 2.75) is 23.9 Å². The van der Waals surface area contributed by atoms with Gasteiger partial charge in [-0.2, -0.15) is 13.2 Å². The molecule has 0 aliphatic carbocycles. The van der Waals surface area contributed by atoms with E-state index in [1.165, 1.54) is 11.8 Å².